The maximum atomic E-state index is 12.6. The molecule has 0 radical (unpaired) electrons. The fourth-order valence-electron chi connectivity index (χ4n) is 2.33. The molecule has 106 valence electrons. The number of nitrogen functional groups attached to an aromatic ring is 1. The summed E-state index contributed by atoms with van der Waals surface area (Å²) in [7, 11) is -3.57. The van der Waals surface area contributed by atoms with Gasteiger partial charge in [0.2, 0.25) is 10.0 Å². The monoisotopic (exact) mass is 284 g/mol. The highest BCUT2D eigenvalue weighted by atomic mass is 32.2. The van der Waals surface area contributed by atoms with Crippen LogP contribution in [0.3, 0.4) is 0 Å². The second-order valence-electron chi connectivity index (χ2n) is 5.00. The topological polar surface area (TPSA) is 83.6 Å². The fraction of sp³-hybridized carbons (Fsp3) is 0.538. The zero-order chi connectivity index (χ0) is 14.0. The fourth-order valence-corrected chi connectivity index (χ4v) is 4.15. The Morgan fingerprint density at radius 3 is 2.53 bits per heavy atom. The zero-order valence-electron chi connectivity index (χ0n) is 11.0. The van der Waals surface area contributed by atoms with E-state index in [9.17, 15) is 8.42 Å². The summed E-state index contributed by atoms with van der Waals surface area (Å²) >= 11 is 0. The van der Waals surface area contributed by atoms with E-state index in [1.54, 1.807) is 12.1 Å². The minimum atomic E-state index is -3.57. The van der Waals surface area contributed by atoms with Gasteiger partial charge in [0.25, 0.3) is 0 Å². The number of aryl methyl sites for hydroxylation is 1. The summed E-state index contributed by atoms with van der Waals surface area (Å²) in [5, 5.41) is 9.09. The molecule has 0 bridgehead atoms. The molecule has 1 aliphatic rings. The number of nitrogens with two attached hydrogens (primary N) is 1. The summed E-state index contributed by atoms with van der Waals surface area (Å²) in [6, 6.07) is 4.85. The average Bonchev–Trinajstić information content (AvgIpc) is 2.24. The number of hydrogen-bond donors (Lipinski definition) is 2. The first-order valence-electron chi connectivity index (χ1n) is 6.45. The van der Waals surface area contributed by atoms with Crippen molar-refractivity contribution in [2.24, 2.45) is 0 Å². The van der Waals surface area contributed by atoms with E-state index in [-0.39, 0.29) is 24.1 Å². The predicted molar refractivity (Wildman–Crippen MR) is 74.2 cm³/mol. The van der Waals surface area contributed by atoms with Crippen LogP contribution in [0, 0.1) is 6.92 Å². The minimum Gasteiger partial charge on any atom is -0.399 e. The third-order valence-corrected chi connectivity index (χ3v) is 5.41. The predicted octanol–water partition coefficient (Wildman–Crippen LogP) is 1.11. The maximum Gasteiger partial charge on any atom is 0.243 e. The SMILES string of the molecule is Cc1cc(N)cc(S(=O)(=O)N(CCO)C2CCC2)c1. The molecule has 1 aromatic carbocycles. The number of aliphatic hydroxyl groups excluding tert-OH is 1. The van der Waals surface area contributed by atoms with Crippen molar-refractivity contribution in [3.05, 3.63) is 23.8 Å². The van der Waals surface area contributed by atoms with Crippen molar-refractivity contribution in [3.8, 4) is 0 Å². The Balaban J connectivity index is 2.37. The molecule has 3 N–H and O–H groups in total. The maximum absolute atomic E-state index is 12.6. The van der Waals surface area contributed by atoms with Crippen LogP contribution in [0.2, 0.25) is 0 Å². The van der Waals surface area contributed by atoms with Gasteiger partial charge in [0.1, 0.15) is 0 Å². The minimum absolute atomic E-state index is 0.0129. The van der Waals surface area contributed by atoms with Gasteiger partial charge in [-0.3, -0.25) is 0 Å². The first-order valence-corrected chi connectivity index (χ1v) is 7.89. The van der Waals surface area contributed by atoms with E-state index in [1.165, 1.54) is 10.4 Å². The van der Waals surface area contributed by atoms with E-state index >= 15 is 0 Å². The molecule has 1 fully saturated rings. The van der Waals surface area contributed by atoms with Gasteiger partial charge >= 0.3 is 0 Å². The molecule has 6 heteroatoms. The van der Waals surface area contributed by atoms with Gasteiger partial charge in [-0.25, -0.2) is 8.42 Å². The van der Waals surface area contributed by atoms with E-state index in [0.717, 1.165) is 24.8 Å². The van der Waals surface area contributed by atoms with Crippen molar-refractivity contribution in [2.45, 2.75) is 37.1 Å². The molecule has 19 heavy (non-hydrogen) atoms. The summed E-state index contributed by atoms with van der Waals surface area (Å²) in [5.41, 5.74) is 6.98. The number of aliphatic hydroxyl groups is 1. The molecular weight excluding hydrogens is 264 g/mol. The number of nitrogens with zero attached hydrogens (tertiary/aromatic N) is 1. The van der Waals surface area contributed by atoms with Crippen molar-refractivity contribution in [3.63, 3.8) is 0 Å². The van der Waals surface area contributed by atoms with Gasteiger partial charge < -0.3 is 10.8 Å². The third kappa shape index (κ3) is 2.91. The lowest BCUT2D eigenvalue weighted by molar-refractivity contribution is 0.178. The van der Waals surface area contributed by atoms with Crippen molar-refractivity contribution in [2.75, 3.05) is 18.9 Å². The van der Waals surface area contributed by atoms with E-state index in [4.69, 9.17) is 10.8 Å². The second-order valence-corrected chi connectivity index (χ2v) is 6.89. The summed E-state index contributed by atoms with van der Waals surface area (Å²) < 4.78 is 26.6. The van der Waals surface area contributed by atoms with Crippen LogP contribution in [0.4, 0.5) is 5.69 Å². The smallest absolute Gasteiger partial charge is 0.243 e. The number of anilines is 1. The Bertz CT molecular complexity index is 533. The highest BCUT2D eigenvalue weighted by Gasteiger charge is 2.34. The molecular formula is C13H20N2O3S. The summed E-state index contributed by atoms with van der Waals surface area (Å²) in [4.78, 5) is 0.213. The van der Waals surface area contributed by atoms with Gasteiger partial charge in [-0.15, -0.1) is 0 Å². The Morgan fingerprint density at radius 2 is 2.05 bits per heavy atom. The molecule has 0 amide bonds. The van der Waals surface area contributed by atoms with Gasteiger partial charge in [0.05, 0.1) is 11.5 Å². The van der Waals surface area contributed by atoms with Crippen LogP contribution in [0.25, 0.3) is 0 Å². The molecule has 0 saturated heterocycles. The van der Waals surface area contributed by atoms with Gasteiger partial charge in [-0.05, 0) is 43.5 Å². The summed E-state index contributed by atoms with van der Waals surface area (Å²) in [6.45, 7) is 1.78. The van der Waals surface area contributed by atoms with Crippen LogP contribution < -0.4 is 5.73 Å². The molecule has 0 spiro atoms. The lowest BCUT2D eigenvalue weighted by Crippen LogP contribution is -2.45. The van der Waals surface area contributed by atoms with E-state index in [1.807, 2.05) is 6.92 Å². The first-order chi connectivity index (χ1) is 8.95. The first kappa shape index (κ1) is 14.3. The quantitative estimate of drug-likeness (QED) is 0.793. The summed E-state index contributed by atoms with van der Waals surface area (Å²) in [6.07, 6.45) is 2.76. The second kappa shape index (κ2) is 5.48. The molecule has 0 aromatic heterocycles. The van der Waals surface area contributed by atoms with Gasteiger partial charge in [0, 0.05) is 18.3 Å². The Kier molecular flexibility index (Phi) is 4.13. The van der Waals surface area contributed by atoms with Crippen molar-refractivity contribution >= 4 is 15.7 Å². The lowest BCUT2D eigenvalue weighted by Gasteiger charge is -2.36. The molecule has 0 unspecified atom stereocenters. The Labute approximate surface area is 114 Å². The van der Waals surface area contributed by atoms with Crippen LogP contribution in [-0.4, -0.2) is 37.0 Å². The normalized spacial score (nSPS) is 16.6. The summed E-state index contributed by atoms with van der Waals surface area (Å²) in [5.74, 6) is 0. The van der Waals surface area contributed by atoms with Crippen LogP contribution >= 0.6 is 0 Å². The Hall–Kier alpha value is -1.11. The molecule has 0 heterocycles. The molecule has 0 aliphatic heterocycles. The molecule has 1 saturated carbocycles. The Morgan fingerprint density at radius 1 is 1.37 bits per heavy atom. The number of hydrogen-bond acceptors (Lipinski definition) is 4. The number of rotatable bonds is 5. The molecule has 0 atom stereocenters. The molecule has 1 aromatic rings. The number of sulfonamides is 1. The highest BCUT2D eigenvalue weighted by Crippen LogP contribution is 2.30. The molecule has 5 nitrogen and oxygen atoms in total. The van der Waals surface area contributed by atoms with Crippen LogP contribution in [0.5, 0.6) is 0 Å². The molecule has 2 rings (SSSR count). The van der Waals surface area contributed by atoms with Crippen molar-refractivity contribution in [1.82, 2.24) is 4.31 Å². The van der Waals surface area contributed by atoms with Gasteiger partial charge in [-0.1, -0.05) is 6.42 Å². The van der Waals surface area contributed by atoms with Crippen molar-refractivity contribution in [1.29, 1.82) is 0 Å². The van der Waals surface area contributed by atoms with Crippen LogP contribution in [-0.2, 0) is 10.0 Å². The van der Waals surface area contributed by atoms with E-state index in [2.05, 4.69) is 0 Å². The van der Waals surface area contributed by atoms with Gasteiger partial charge in [-0.2, -0.15) is 4.31 Å². The number of benzene rings is 1. The zero-order valence-corrected chi connectivity index (χ0v) is 11.9. The van der Waals surface area contributed by atoms with E-state index < -0.39 is 10.0 Å². The van der Waals surface area contributed by atoms with Crippen molar-refractivity contribution < 1.29 is 13.5 Å². The standard InChI is InChI=1S/C13H20N2O3S/c1-10-7-11(14)9-13(8-10)19(17,18)15(5-6-16)12-3-2-4-12/h7-9,12,16H,2-6,14H2,1H3. The largest absolute Gasteiger partial charge is 0.399 e. The highest BCUT2D eigenvalue weighted by molar-refractivity contribution is 7.89. The lowest BCUT2D eigenvalue weighted by atomic mass is 9.93. The average molecular weight is 284 g/mol. The van der Waals surface area contributed by atoms with Crippen LogP contribution in [0.15, 0.2) is 23.1 Å². The molecule has 1 aliphatic carbocycles. The van der Waals surface area contributed by atoms with Gasteiger partial charge in [0.15, 0.2) is 0 Å². The van der Waals surface area contributed by atoms with E-state index in [0.29, 0.717) is 5.69 Å². The van der Waals surface area contributed by atoms with Crippen LogP contribution in [0.1, 0.15) is 24.8 Å². The third-order valence-electron chi connectivity index (χ3n) is 3.48.